The van der Waals surface area contributed by atoms with Crippen molar-refractivity contribution in [1.29, 1.82) is 0 Å². The summed E-state index contributed by atoms with van der Waals surface area (Å²) in [6, 6.07) is 10.1. The van der Waals surface area contributed by atoms with Crippen LogP contribution in [0.3, 0.4) is 0 Å². The van der Waals surface area contributed by atoms with Crippen molar-refractivity contribution in [2.24, 2.45) is 5.73 Å². The Hall–Kier alpha value is -1.92. The van der Waals surface area contributed by atoms with Gasteiger partial charge in [0.2, 0.25) is 5.89 Å². The third-order valence-corrected chi connectivity index (χ3v) is 3.65. The minimum absolute atomic E-state index is 0.00932. The number of benzene rings is 1. The summed E-state index contributed by atoms with van der Waals surface area (Å²) in [5, 5.41) is 4.03. The molecule has 3 rings (SSSR count). The van der Waals surface area contributed by atoms with Crippen LogP contribution in [0.25, 0.3) is 0 Å². The van der Waals surface area contributed by atoms with Gasteiger partial charge in [-0.1, -0.05) is 30.3 Å². The van der Waals surface area contributed by atoms with Crippen LogP contribution in [0.4, 0.5) is 5.95 Å². The van der Waals surface area contributed by atoms with E-state index in [2.05, 4.69) is 15.0 Å². The van der Waals surface area contributed by atoms with Crippen LogP contribution in [0.15, 0.2) is 34.9 Å². The highest BCUT2D eigenvalue weighted by Gasteiger charge is 2.17. The summed E-state index contributed by atoms with van der Waals surface area (Å²) in [6.45, 7) is 3.04. The number of nitrogens with zero attached hydrogens (tertiary/aromatic N) is 3. The van der Waals surface area contributed by atoms with Gasteiger partial charge >= 0.3 is 0 Å². The van der Waals surface area contributed by atoms with E-state index >= 15 is 0 Å². The van der Waals surface area contributed by atoms with Gasteiger partial charge in [0.1, 0.15) is 0 Å². The zero-order valence-electron chi connectivity index (χ0n) is 11.9. The van der Waals surface area contributed by atoms with Gasteiger partial charge in [0.05, 0.1) is 13.2 Å². The summed E-state index contributed by atoms with van der Waals surface area (Å²) >= 11 is 0. The van der Waals surface area contributed by atoms with E-state index < -0.39 is 0 Å². The highest BCUT2D eigenvalue weighted by molar-refractivity contribution is 5.28. The van der Waals surface area contributed by atoms with Gasteiger partial charge < -0.3 is 19.9 Å². The predicted molar refractivity (Wildman–Crippen MR) is 79.0 cm³/mol. The van der Waals surface area contributed by atoms with Crippen LogP contribution < -0.4 is 10.6 Å². The molecular weight excluding hydrogens is 268 g/mol. The monoisotopic (exact) mass is 288 g/mol. The predicted octanol–water partition coefficient (Wildman–Crippen LogP) is 1.54. The summed E-state index contributed by atoms with van der Waals surface area (Å²) in [6.07, 6.45) is 1.47. The summed E-state index contributed by atoms with van der Waals surface area (Å²) in [5.74, 6) is 1.30. The molecule has 112 valence electrons. The minimum Gasteiger partial charge on any atom is -0.378 e. The molecule has 0 amide bonds. The van der Waals surface area contributed by atoms with E-state index in [4.69, 9.17) is 15.0 Å². The molecule has 2 aromatic rings. The molecule has 1 fully saturated rings. The standard InChI is InChI=1S/C15H20N4O2/c16-13(12-4-2-1-3-5-12)6-7-14-17-15(18-21-14)19-8-10-20-11-9-19/h1-5,13H,6-11,16H2. The molecule has 1 unspecified atom stereocenters. The fraction of sp³-hybridized carbons (Fsp3) is 0.467. The second-order valence-electron chi connectivity index (χ2n) is 5.14. The normalized spacial score (nSPS) is 16.9. The van der Waals surface area contributed by atoms with E-state index in [0.717, 1.165) is 25.1 Å². The molecule has 0 radical (unpaired) electrons. The topological polar surface area (TPSA) is 77.4 Å². The lowest BCUT2D eigenvalue weighted by atomic mass is 10.0. The maximum atomic E-state index is 6.18. The summed E-state index contributed by atoms with van der Waals surface area (Å²) in [4.78, 5) is 6.51. The zero-order valence-corrected chi connectivity index (χ0v) is 11.9. The third kappa shape index (κ3) is 3.59. The summed E-state index contributed by atoms with van der Waals surface area (Å²) < 4.78 is 10.6. The van der Waals surface area contributed by atoms with E-state index in [1.165, 1.54) is 0 Å². The molecule has 1 atom stereocenters. The molecular formula is C15H20N4O2. The molecule has 0 bridgehead atoms. The Balaban J connectivity index is 1.55. The van der Waals surface area contributed by atoms with Gasteiger partial charge in [-0.25, -0.2) is 0 Å². The molecule has 2 heterocycles. The first kappa shape index (κ1) is 14.0. The number of hydrogen-bond donors (Lipinski definition) is 1. The number of hydrogen-bond acceptors (Lipinski definition) is 6. The Kier molecular flexibility index (Phi) is 4.47. The Labute approximate surface area is 123 Å². The van der Waals surface area contributed by atoms with Crippen molar-refractivity contribution >= 4 is 5.95 Å². The highest BCUT2D eigenvalue weighted by atomic mass is 16.5. The number of ether oxygens (including phenoxy) is 1. The van der Waals surface area contributed by atoms with Gasteiger partial charge in [-0.3, -0.25) is 0 Å². The highest BCUT2D eigenvalue weighted by Crippen LogP contribution is 2.17. The van der Waals surface area contributed by atoms with Crippen LogP contribution in [0, 0.1) is 0 Å². The molecule has 6 heteroatoms. The molecule has 0 saturated carbocycles. The van der Waals surface area contributed by atoms with Crippen molar-refractivity contribution in [3.63, 3.8) is 0 Å². The first-order chi connectivity index (χ1) is 10.3. The number of nitrogens with two attached hydrogens (primary N) is 1. The Bertz CT molecular complexity index is 552. The fourth-order valence-electron chi connectivity index (χ4n) is 2.39. The number of anilines is 1. The second kappa shape index (κ2) is 6.69. The number of morpholine rings is 1. The van der Waals surface area contributed by atoms with Crippen LogP contribution >= 0.6 is 0 Å². The van der Waals surface area contributed by atoms with Gasteiger partial charge in [-0.2, -0.15) is 4.98 Å². The summed E-state index contributed by atoms with van der Waals surface area (Å²) in [7, 11) is 0. The van der Waals surface area contributed by atoms with Gasteiger partial charge in [0.15, 0.2) is 0 Å². The van der Waals surface area contributed by atoms with E-state index in [-0.39, 0.29) is 6.04 Å². The SMILES string of the molecule is NC(CCc1nc(N2CCOCC2)no1)c1ccccc1. The van der Waals surface area contributed by atoms with Crippen molar-refractivity contribution in [2.45, 2.75) is 18.9 Å². The lowest BCUT2D eigenvalue weighted by molar-refractivity contribution is 0.121. The van der Waals surface area contributed by atoms with Gasteiger partial charge in [-0.05, 0) is 17.1 Å². The van der Waals surface area contributed by atoms with E-state index in [1.54, 1.807) is 0 Å². The molecule has 1 saturated heterocycles. The second-order valence-corrected chi connectivity index (χ2v) is 5.14. The lowest BCUT2D eigenvalue weighted by Crippen LogP contribution is -2.36. The largest absolute Gasteiger partial charge is 0.378 e. The van der Waals surface area contributed by atoms with E-state index in [9.17, 15) is 0 Å². The van der Waals surface area contributed by atoms with Crippen molar-refractivity contribution in [3.05, 3.63) is 41.8 Å². The number of aryl methyl sites for hydroxylation is 1. The maximum absolute atomic E-state index is 6.18. The molecule has 2 N–H and O–H groups in total. The molecule has 1 aliphatic rings. The molecule has 1 aliphatic heterocycles. The quantitative estimate of drug-likeness (QED) is 0.899. The zero-order chi connectivity index (χ0) is 14.5. The van der Waals surface area contributed by atoms with Gasteiger partial charge in [-0.15, -0.1) is 0 Å². The molecule has 0 aliphatic carbocycles. The van der Waals surface area contributed by atoms with Crippen molar-refractivity contribution in [2.75, 3.05) is 31.2 Å². The number of rotatable bonds is 5. The lowest BCUT2D eigenvalue weighted by Gasteiger charge is -2.24. The average Bonchev–Trinajstić information content (AvgIpc) is 3.03. The Morgan fingerprint density at radius 3 is 2.71 bits per heavy atom. The van der Waals surface area contributed by atoms with Crippen LogP contribution in [0.1, 0.15) is 23.9 Å². The van der Waals surface area contributed by atoms with E-state index in [1.807, 2.05) is 30.3 Å². The Morgan fingerprint density at radius 2 is 1.95 bits per heavy atom. The first-order valence-electron chi connectivity index (χ1n) is 7.29. The minimum atomic E-state index is -0.00932. The summed E-state index contributed by atoms with van der Waals surface area (Å²) in [5.41, 5.74) is 7.31. The average molecular weight is 288 g/mol. The van der Waals surface area contributed by atoms with E-state index in [0.29, 0.717) is 31.5 Å². The van der Waals surface area contributed by atoms with Gasteiger partial charge in [0, 0.05) is 25.6 Å². The van der Waals surface area contributed by atoms with Gasteiger partial charge in [0.25, 0.3) is 5.95 Å². The number of aromatic nitrogens is 2. The molecule has 0 spiro atoms. The third-order valence-electron chi connectivity index (χ3n) is 3.65. The van der Waals surface area contributed by atoms with Crippen molar-refractivity contribution < 1.29 is 9.26 Å². The first-order valence-corrected chi connectivity index (χ1v) is 7.29. The van der Waals surface area contributed by atoms with Crippen LogP contribution in [-0.2, 0) is 11.2 Å². The molecule has 6 nitrogen and oxygen atoms in total. The maximum Gasteiger partial charge on any atom is 0.266 e. The van der Waals surface area contributed by atoms with Crippen LogP contribution in [0.2, 0.25) is 0 Å². The fourth-order valence-corrected chi connectivity index (χ4v) is 2.39. The van der Waals surface area contributed by atoms with Crippen LogP contribution in [0.5, 0.6) is 0 Å². The molecule has 1 aromatic carbocycles. The smallest absolute Gasteiger partial charge is 0.266 e. The van der Waals surface area contributed by atoms with Crippen molar-refractivity contribution in [3.8, 4) is 0 Å². The molecule has 1 aromatic heterocycles. The molecule has 21 heavy (non-hydrogen) atoms. The van der Waals surface area contributed by atoms with Crippen molar-refractivity contribution in [1.82, 2.24) is 10.1 Å². The Morgan fingerprint density at radius 1 is 1.19 bits per heavy atom. The van der Waals surface area contributed by atoms with Crippen LogP contribution in [-0.4, -0.2) is 36.4 Å².